The van der Waals surface area contributed by atoms with Crippen LogP contribution in [0, 0.1) is 6.92 Å². The molecule has 0 aliphatic carbocycles. The second-order valence-corrected chi connectivity index (χ2v) is 24.1. The molecule has 0 atom stereocenters. The Morgan fingerprint density at radius 3 is 1.01 bits per heavy atom. The Morgan fingerprint density at radius 1 is 0.204 bits per heavy atom. The van der Waals surface area contributed by atoms with E-state index < -0.39 is 0 Å². The predicted molar refractivity (Wildman–Crippen MR) is 386 cm³/mol. The van der Waals surface area contributed by atoms with E-state index in [1.807, 2.05) is 0 Å². The zero-order valence-electron chi connectivity index (χ0n) is 50.6. The lowest BCUT2D eigenvalue weighted by molar-refractivity contribution is 0.669. The molecule has 6 nitrogen and oxygen atoms in total. The number of hydrogen-bond acceptors (Lipinski definition) is 6. The first kappa shape index (κ1) is 53.6. The van der Waals surface area contributed by atoms with Crippen LogP contribution >= 0.6 is 0 Å². The largest absolute Gasteiger partial charge is 0.456 e. The zero-order valence-corrected chi connectivity index (χ0v) is 50.6. The lowest BCUT2D eigenvalue weighted by Crippen LogP contribution is -1.89. The monoisotopic (exact) mass is 1190 g/mol. The average molecular weight is 1190 g/mol. The molecule has 0 aliphatic heterocycles. The number of nitrogens with zero attached hydrogens (tertiary/aromatic N) is 4. The average Bonchev–Trinajstić information content (AvgIpc) is 1.71. The van der Waals surface area contributed by atoms with E-state index in [0.717, 1.165) is 138 Å². The van der Waals surface area contributed by atoms with Gasteiger partial charge in [0, 0.05) is 79.0 Å². The summed E-state index contributed by atoms with van der Waals surface area (Å²) in [6.07, 6.45) is 7.10. The fraction of sp³-hybridized carbons (Fsp3) is 0.0115. The van der Waals surface area contributed by atoms with Gasteiger partial charge in [0.1, 0.15) is 22.3 Å². The van der Waals surface area contributed by atoms with E-state index in [4.69, 9.17) is 23.8 Å². The molecule has 4 aromatic heterocycles. The summed E-state index contributed by atoms with van der Waals surface area (Å²) in [6.45, 7) is 2.12. The van der Waals surface area contributed by atoms with E-state index in [-0.39, 0.29) is 0 Å². The van der Waals surface area contributed by atoms with Gasteiger partial charge in [0.2, 0.25) is 0 Å². The summed E-state index contributed by atoms with van der Waals surface area (Å²) >= 11 is 0. The van der Waals surface area contributed by atoms with Gasteiger partial charge in [0.05, 0.1) is 22.1 Å². The topological polar surface area (TPSA) is 77.8 Å². The summed E-state index contributed by atoms with van der Waals surface area (Å²) in [4.78, 5) is 18.8. The van der Waals surface area contributed by atoms with Crippen molar-refractivity contribution in [2.45, 2.75) is 6.92 Å². The Bertz CT molecular complexity index is 6120. The van der Waals surface area contributed by atoms with Gasteiger partial charge < -0.3 is 8.83 Å². The Labute approximate surface area is 535 Å². The van der Waals surface area contributed by atoms with Crippen LogP contribution in [-0.4, -0.2) is 19.9 Å². The summed E-state index contributed by atoms with van der Waals surface area (Å²) in [5.74, 6) is 0. The minimum Gasteiger partial charge on any atom is -0.456 e. The number of rotatable bonds is 7. The number of benzene rings is 15. The zero-order chi connectivity index (χ0) is 61.5. The molecule has 0 spiro atoms. The Hall–Kier alpha value is -12.4. The SMILES string of the molecule is Cc1ccc2oc3ccc(-c4cccc(-c5ccc6c(c5)c5ccccc5c5nccnc65)c4)cc3c2c1.c1ccc(-c2cc(-c3ccccc3)c3oc4c(-c5ccccc5)cc(-c5cccc(-c6ccc7c(c6)c6ccccc6c6nccnc76)c5)cc4c3c2)cc1. The van der Waals surface area contributed by atoms with Crippen LogP contribution in [0.1, 0.15) is 5.56 Å². The van der Waals surface area contributed by atoms with Crippen molar-refractivity contribution >= 4 is 109 Å². The van der Waals surface area contributed by atoms with Crippen LogP contribution in [0.25, 0.3) is 187 Å². The molecule has 15 aromatic carbocycles. The highest BCUT2D eigenvalue weighted by Gasteiger charge is 2.21. The van der Waals surface area contributed by atoms with Gasteiger partial charge in [-0.25, -0.2) is 0 Å². The molecule has 0 N–H and O–H groups in total. The van der Waals surface area contributed by atoms with Crippen molar-refractivity contribution < 1.29 is 8.83 Å². The molecule has 93 heavy (non-hydrogen) atoms. The van der Waals surface area contributed by atoms with E-state index in [1.165, 1.54) is 54.9 Å². The maximum Gasteiger partial charge on any atom is 0.143 e. The first-order valence-electron chi connectivity index (χ1n) is 31.5. The highest BCUT2D eigenvalue weighted by Crippen LogP contribution is 2.46. The van der Waals surface area contributed by atoms with Crippen LogP contribution in [-0.2, 0) is 0 Å². The van der Waals surface area contributed by atoms with Crippen molar-refractivity contribution in [3.63, 3.8) is 0 Å². The summed E-state index contributed by atoms with van der Waals surface area (Å²) in [5.41, 5.74) is 24.6. The highest BCUT2D eigenvalue weighted by atomic mass is 16.3. The molecule has 0 amide bonds. The number of aryl methyl sites for hydroxylation is 1. The van der Waals surface area contributed by atoms with Gasteiger partial charge in [-0.3, -0.25) is 19.9 Å². The van der Waals surface area contributed by atoms with Gasteiger partial charge >= 0.3 is 0 Å². The molecule has 19 rings (SSSR count). The molecule has 0 saturated heterocycles. The van der Waals surface area contributed by atoms with Gasteiger partial charge in [0.25, 0.3) is 0 Å². The number of fused-ring (bicyclic) bond motifs is 18. The van der Waals surface area contributed by atoms with Gasteiger partial charge in [0.15, 0.2) is 0 Å². The molecule has 0 radical (unpaired) electrons. The van der Waals surface area contributed by atoms with Crippen molar-refractivity contribution in [1.82, 2.24) is 19.9 Å². The van der Waals surface area contributed by atoms with Gasteiger partial charge in [-0.2, -0.15) is 0 Å². The minimum absolute atomic E-state index is 0.889. The predicted octanol–water partition coefficient (Wildman–Crippen LogP) is 23.6. The third-order valence-electron chi connectivity index (χ3n) is 18.5. The normalized spacial score (nSPS) is 11.7. The van der Waals surface area contributed by atoms with Crippen LogP contribution in [0.15, 0.2) is 319 Å². The van der Waals surface area contributed by atoms with Crippen LogP contribution in [0.2, 0.25) is 0 Å². The van der Waals surface area contributed by atoms with Crippen LogP contribution in [0.4, 0.5) is 0 Å². The molecule has 0 fully saturated rings. The number of aromatic nitrogens is 4. The smallest absolute Gasteiger partial charge is 0.143 e. The Balaban J connectivity index is 0.000000146. The van der Waals surface area contributed by atoms with Crippen molar-refractivity contribution in [3.8, 4) is 77.9 Å². The van der Waals surface area contributed by atoms with Gasteiger partial charge in [-0.15, -0.1) is 0 Å². The third-order valence-corrected chi connectivity index (χ3v) is 18.5. The van der Waals surface area contributed by atoms with Crippen molar-refractivity contribution in [1.29, 1.82) is 0 Å². The molecule has 0 unspecified atom stereocenters. The fourth-order valence-corrected chi connectivity index (χ4v) is 14.1. The van der Waals surface area contributed by atoms with E-state index in [2.05, 4.69) is 297 Å². The highest BCUT2D eigenvalue weighted by molar-refractivity contribution is 6.25. The molecule has 4 heterocycles. The quantitative estimate of drug-likeness (QED) is 0.148. The van der Waals surface area contributed by atoms with E-state index in [0.29, 0.717) is 0 Å². The molecule has 0 saturated carbocycles. The second-order valence-electron chi connectivity index (χ2n) is 24.1. The van der Waals surface area contributed by atoms with Gasteiger partial charge in [-0.05, 0) is 168 Å². The first-order chi connectivity index (χ1) is 46.0. The van der Waals surface area contributed by atoms with Crippen LogP contribution in [0.3, 0.4) is 0 Å². The molecule has 6 heteroatoms. The van der Waals surface area contributed by atoms with Crippen molar-refractivity contribution in [3.05, 3.63) is 315 Å². The lowest BCUT2D eigenvalue weighted by Gasteiger charge is -2.12. The maximum atomic E-state index is 7.00. The lowest BCUT2D eigenvalue weighted by atomic mass is 9.91. The van der Waals surface area contributed by atoms with Crippen LogP contribution in [0.5, 0.6) is 0 Å². The van der Waals surface area contributed by atoms with E-state index in [1.54, 1.807) is 24.8 Å². The molecule has 434 valence electrons. The van der Waals surface area contributed by atoms with E-state index in [9.17, 15) is 0 Å². The van der Waals surface area contributed by atoms with Gasteiger partial charge in [-0.1, -0.05) is 218 Å². The maximum absolute atomic E-state index is 7.00. The standard InChI is InChI=1S/C52H32N2O.C35H22N2O/c1-4-13-33(14-5-1)39-29-44(34-15-6-2-7-16-34)51-47(31-39)48-32-40(30-45(52(48)55-51)35-17-8-3-9-18-35)37-20-12-19-36(27-37)38-23-24-43-46(28-38)41-21-10-11-22-42(41)49-50(43)54-26-25-53-49;1-21-9-13-32-30(17-21)31-20-25(11-14-33(31)38-32)23-6-4-5-22(18-23)24-10-12-28-29(19-24)26-7-2-3-8-27(26)34-35(28)37-16-15-36-34/h1-32H;2-20H,1H3. The second kappa shape index (κ2) is 22.0. The Morgan fingerprint density at radius 2 is 0.538 bits per heavy atom. The summed E-state index contributed by atoms with van der Waals surface area (Å²) < 4.78 is 13.1. The number of furan rings is 2. The Kier molecular flexibility index (Phi) is 12.7. The van der Waals surface area contributed by atoms with Crippen molar-refractivity contribution in [2.75, 3.05) is 0 Å². The summed E-state index contributed by atoms with van der Waals surface area (Å²) in [7, 11) is 0. The minimum atomic E-state index is 0.889. The third kappa shape index (κ3) is 9.26. The molecule has 19 aromatic rings. The van der Waals surface area contributed by atoms with Crippen LogP contribution < -0.4 is 0 Å². The summed E-state index contributed by atoms with van der Waals surface area (Å²) in [5, 5.41) is 13.7. The molecular weight excluding hydrogens is 1130 g/mol. The summed E-state index contributed by atoms with van der Waals surface area (Å²) in [6, 6.07) is 102. The fourth-order valence-electron chi connectivity index (χ4n) is 14.1. The number of hydrogen-bond donors (Lipinski definition) is 0. The molecule has 0 aliphatic rings. The van der Waals surface area contributed by atoms with E-state index >= 15 is 0 Å². The first-order valence-corrected chi connectivity index (χ1v) is 31.5. The van der Waals surface area contributed by atoms with Crippen molar-refractivity contribution in [2.24, 2.45) is 0 Å². The molecular formula is C87H54N4O2. The molecule has 0 bridgehead atoms.